The number of aryl methyl sites for hydroxylation is 1. The summed E-state index contributed by atoms with van der Waals surface area (Å²) in [5.74, 6) is 0.529. The van der Waals surface area contributed by atoms with Crippen molar-refractivity contribution in [2.24, 2.45) is 0 Å². The van der Waals surface area contributed by atoms with Gasteiger partial charge in [0, 0.05) is 30.3 Å². The van der Waals surface area contributed by atoms with Gasteiger partial charge in [-0.05, 0) is 42.8 Å². The van der Waals surface area contributed by atoms with E-state index in [4.69, 9.17) is 27.9 Å². The quantitative estimate of drug-likeness (QED) is 0.590. The molecule has 0 bridgehead atoms. The number of benzene rings is 2. The van der Waals surface area contributed by atoms with Crippen LogP contribution in [0.1, 0.15) is 12.8 Å². The van der Waals surface area contributed by atoms with Crippen molar-refractivity contribution >= 4 is 34.8 Å². The third kappa shape index (κ3) is 5.59. The van der Waals surface area contributed by atoms with Crippen LogP contribution in [-0.2, 0) is 11.3 Å². The number of halogens is 2. The Bertz CT molecular complexity index is 1080. The minimum atomic E-state index is -0.221. The Hall–Kier alpha value is -2.83. The summed E-state index contributed by atoms with van der Waals surface area (Å²) in [6.07, 6.45) is 0.694. The molecule has 0 unspecified atom stereocenters. The lowest BCUT2D eigenvalue weighted by atomic mass is 10.1. The lowest BCUT2D eigenvalue weighted by Crippen LogP contribution is -2.23. The van der Waals surface area contributed by atoms with Gasteiger partial charge < -0.3 is 10.1 Å². The molecule has 0 fully saturated rings. The summed E-state index contributed by atoms with van der Waals surface area (Å²) in [6, 6.07) is 15.5. The van der Waals surface area contributed by atoms with Crippen molar-refractivity contribution in [2.75, 3.05) is 12.4 Å². The van der Waals surface area contributed by atoms with Crippen LogP contribution < -0.4 is 15.6 Å². The van der Waals surface area contributed by atoms with Gasteiger partial charge in [-0.2, -0.15) is 5.10 Å². The third-order valence-electron chi connectivity index (χ3n) is 4.21. The number of nitrogens with zero attached hydrogens (tertiary/aromatic N) is 2. The maximum absolute atomic E-state index is 12.1. The number of hydrogen-bond acceptors (Lipinski definition) is 4. The Morgan fingerprint density at radius 1 is 1.10 bits per heavy atom. The molecule has 8 heteroatoms. The number of ether oxygens (including phenoxy) is 1. The first-order chi connectivity index (χ1) is 14.0. The highest BCUT2D eigenvalue weighted by atomic mass is 35.5. The van der Waals surface area contributed by atoms with Gasteiger partial charge in [0.15, 0.2) is 0 Å². The molecule has 3 aromatic rings. The number of anilines is 1. The number of nitrogens with one attached hydrogen (secondary N) is 1. The highest BCUT2D eigenvalue weighted by Crippen LogP contribution is 2.25. The van der Waals surface area contributed by atoms with Crippen molar-refractivity contribution in [1.29, 1.82) is 0 Å². The van der Waals surface area contributed by atoms with Gasteiger partial charge in [0.05, 0.1) is 22.8 Å². The van der Waals surface area contributed by atoms with Crippen LogP contribution >= 0.6 is 23.2 Å². The molecular formula is C21H19Cl2N3O3. The molecule has 29 heavy (non-hydrogen) atoms. The first-order valence-electron chi connectivity index (χ1n) is 8.94. The molecule has 0 aliphatic heterocycles. The van der Waals surface area contributed by atoms with Crippen LogP contribution in [0.5, 0.6) is 5.75 Å². The van der Waals surface area contributed by atoms with Gasteiger partial charge in [-0.15, -0.1) is 0 Å². The summed E-state index contributed by atoms with van der Waals surface area (Å²) in [5, 5.41) is 7.95. The molecule has 0 spiro atoms. The number of hydrogen-bond donors (Lipinski definition) is 1. The van der Waals surface area contributed by atoms with E-state index in [0.29, 0.717) is 40.1 Å². The number of methoxy groups -OCH3 is 1. The fraction of sp³-hybridized carbons (Fsp3) is 0.190. The maximum Gasteiger partial charge on any atom is 0.266 e. The van der Waals surface area contributed by atoms with Crippen LogP contribution in [0.4, 0.5) is 5.69 Å². The van der Waals surface area contributed by atoms with Crippen molar-refractivity contribution in [3.63, 3.8) is 0 Å². The molecule has 1 amide bonds. The fourth-order valence-corrected chi connectivity index (χ4v) is 3.03. The zero-order valence-electron chi connectivity index (χ0n) is 15.7. The zero-order valence-corrected chi connectivity index (χ0v) is 17.2. The van der Waals surface area contributed by atoms with Gasteiger partial charge in [0.2, 0.25) is 5.91 Å². The molecule has 3 rings (SSSR count). The summed E-state index contributed by atoms with van der Waals surface area (Å²) < 4.78 is 6.59. The average Bonchev–Trinajstić information content (AvgIpc) is 2.72. The Kier molecular flexibility index (Phi) is 6.90. The van der Waals surface area contributed by atoms with Crippen LogP contribution in [-0.4, -0.2) is 22.8 Å². The van der Waals surface area contributed by atoms with E-state index < -0.39 is 0 Å². The smallest absolute Gasteiger partial charge is 0.266 e. The molecule has 0 atom stereocenters. The zero-order chi connectivity index (χ0) is 20.8. The summed E-state index contributed by atoms with van der Waals surface area (Å²) in [7, 11) is 1.59. The van der Waals surface area contributed by atoms with E-state index in [-0.39, 0.29) is 17.9 Å². The second kappa shape index (κ2) is 9.58. The summed E-state index contributed by atoms with van der Waals surface area (Å²) in [4.78, 5) is 24.2. The molecule has 1 aromatic heterocycles. The minimum absolute atomic E-state index is 0.180. The fourth-order valence-electron chi connectivity index (χ4n) is 2.73. The first kappa shape index (κ1) is 20.9. The number of carbonyl (C=O) groups is 1. The maximum atomic E-state index is 12.1. The van der Waals surface area contributed by atoms with E-state index in [1.165, 1.54) is 10.7 Å². The molecule has 1 N–H and O–H groups in total. The molecule has 2 aromatic carbocycles. The van der Waals surface area contributed by atoms with Crippen LogP contribution in [0.15, 0.2) is 59.4 Å². The van der Waals surface area contributed by atoms with Crippen molar-refractivity contribution < 1.29 is 9.53 Å². The van der Waals surface area contributed by atoms with E-state index in [2.05, 4.69) is 10.4 Å². The van der Waals surface area contributed by atoms with Gasteiger partial charge in [-0.1, -0.05) is 35.3 Å². The molecule has 6 nitrogen and oxygen atoms in total. The Morgan fingerprint density at radius 3 is 2.69 bits per heavy atom. The summed E-state index contributed by atoms with van der Waals surface area (Å²) >= 11 is 11.8. The number of carbonyl (C=O) groups excluding carboxylic acids is 1. The molecular weight excluding hydrogens is 413 g/mol. The van der Waals surface area contributed by atoms with Gasteiger partial charge in [-0.25, -0.2) is 4.68 Å². The predicted molar refractivity (Wildman–Crippen MR) is 115 cm³/mol. The molecule has 0 aliphatic carbocycles. The van der Waals surface area contributed by atoms with Gasteiger partial charge in [0.25, 0.3) is 5.56 Å². The van der Waals surface area contributed by atoms with E-state index >= 15 is 0 Å². The van der Waals surface area contributed by atoms with Gasteiger partial charge in [-0.3, -0.25) is 9.59 Å². The van der Waals surface area contributed by atoms with Crippen molar-refractivity contribution in [2.45, 2.75) is 19.4 Å². The highest BCUT2D eigenvalue weighted by molar-refractivity contribution is 6.42. The molecule has 0 saturated heterocycles. The second-order valence-corrected chi connectivity index (χ2v) is 7.11. The Labute approximate surface area is 178 Å². The topological polar surface area (TPSA) is 73.2 Å². The van der Waals surface area contributed by atoms with Gasteiger partial charge >= 0.3 is 0 Å². The van der Waals surface area contributed by atoms with Gasteiger partial charge in [0.1, 0.15) is 5.75 Å². The normalized spacial score (nSPS) is 10.6. The lowest BCUT2D eigenvalue weighted by Gasteiger charge is -2.09. The molecule has 150 valence electrons. The van der Waals surface area contributed by atoms with Crippen LogP contribution in [0.25, 0.3) is 11.3 Å². The monoisotopic (exact) mass is 431 g/mol. The van der Waals surface area contributed by atoms with Crippen molar-refractivity contribution in [3.05, 3.63) is 75.0 Å². The number of rotatable bonds is 7. The summed E-state index contributed by atoms with van der Waals surface area (Å²) in [5.41, 5.74) is 1.85. The predicted octanol–water partition coefficient (Wildman–Crippen LogP) is 4.64. The van der Waals surface area contributed by atoms with E-state index in [1.54, 1.807) is 31.4 Å². The molecule has 0 radical (unpaired) electrons. The molecule has 0 aliphatic rings. The van der Waals surface area contributed by atoms with Crippen molar-refractivity contribution in [3.8, 4) is 17.0 Å². The number of amides is 1. The van der Waals surface area contributed by atoms with Crippen LogP contribution in [0.2, 0.25) is 10.0 Å². The standard InChI is InChI=1S/C21H19Cl2N3O3/c1-29-16-5-2-4-14(12-16)19-9-10-21(28)26(25-19)11-3-6-20(27)24-15-7-8-17(22)18(23)13-15/h2,4-5,7-10,12-13H,3,6,11H2,1H3,(H,24,27). The Morgan fingerprint density at radius 2 is 1.93 bits per heavy atom. The van der Waals surface area contributed by atoms with E-state index in [1.807, 2.05) is 24.3 Å². The van der Waals surface area contributed by atoms with Crippen molar-refractivity contribution in [1.82, 2.24) is 9.78 Å². The largest absolute Gasteiger partial charge is 0.497 e. The van der Waals surface area contributed by atoms with Crippen LogP contribution in [0, 0.1) is 0 Å². The highest BCUT2D eigenvalue weighted by Gasteiger charge is 2.08. The SMILES string of the molecule is COc1cccc(-c2ccc(=O)n(CCCC(=O)Nc3ccc(Cl)c(Cl)c3)n2)c1. The van der Waals surface area contributed by atoms with Crippen LogP contribution in [0.3, 0.4) is 0 Å². The third-order valence-corrected chi connectivity index (χ3v) is 4.95. The average molecular weight is 432 g/mol. The summed E-state index contributed by atoms with van der Waals surface area (Å²) in [6.45, 7) is 0.325. The Balaban J connectivity index is 1.62. The first-order valence-corrected chi connectivity index (χ1v) is 9.69. The molecule has 1 heterocycles. The van der Waals surface area contributed by atoms with E-state index in [9.17, 15) is 9.59 Å². The lowest BCUT2D eigenvalue weighted by molar-refractivity contribution is -0.116. The van der Waals surface area contributed by atoms with E-state index in [0.717, 1.165) is 5.56 Å². The second-order valence-electron chi connectivity index (χ2n) is 6.29. The molecule has 0 saturated carbocycles. The minimum Gasteiger partial charge on any atom is -0.497 e. The number of aromatic nitrogens is 2.